The Kier molecular flexibility index (Phi) is 4.46. The highest BCUT2D eigenvalue weighted by atomic mass is 79.9. The molecule has 0 radical (unpaired) electrons. The Morgan fingerprint density at radius 3 is 2.92 bits per heavy atom. The molecule has 70 valence electrons. The van der Waals surface area contributed by atoms with E-state index in [-0.39, 0.29) is 5.82 Å². The lowest BCUT2D eigenvalue weighted by Gasteiger charge is -1.97. The van der Waals surface area contributed by atoms with Crippen LogP contribution >= 0.6 is 27.5 Å². The van der Waals surface area contributed by atoms with Gasteiger partial charge in [0.05, 0.1) is 0 Å². The molecule has 0 aliphatic carbocycles. The number of rotatable bonds is 3. The molecule has 0 saturated carbocycles. The first-order valence-electron chi connectivity index (χ1n) is 3.91. The summed E-state index contributed by atoms with van der Waals surface area (Å²) in [7, 11) is 0. The van der Waals surface area contributed by atoms with Crippen molar-refractivity contribution in [2.75, 3.05) is 5.33 Å². The van der Waals surface area contributed by atoms with Crippen LogP contribution in [0, 0.1) is 5.82 Å². The molecule has 0 spiro atoms. The molecule has 0 aromatic heterocycles. The van der Waals surface area contributed by atoms with Crippen LogP contribution in [0.3, 0.4) is 0 Å². The second kappa shape index (κ2) is 5.40. The smallest absolute Gasteiger partial charge is 0.123 e. The normalized spacial score (nSPS) is 11.0. The molecule has 1 aromatic carbocycles. The molecule has 0 aliphatic rings. The van der Waals surface area contributed by atoms with Gasteiger partial charge in [-0.2, -0.15) is 0 Å². The maximum absolute atomic E-state index is 12.8. The van der Waals surface area contributed by atoms with Crippen LogP contribution in [0.5, 0.6) is 0 Å². The van der Waals surface area contributed by atoms with Gasteiger partial charge in [-0.1, -0.05) is 39.7 Å². The van der Waals surface area contributed by atoms with Crippen molar-refractivity contribution < 1.29 is 4.39 Å². The number of benzene rings is 1. The first-order valence-corrected chi connectivity index (χ1v) is 5.41. The van der Waals surface area contributed by atoms with E-state index in [1.54, 1.807) is 6.07 Å². The van der Waals surface area contributed by atoms with Gasteiger partial charge in [-0.25, -0.2) is 4.39 Å². The average Bonchev–Trinajstić information content (AvgIpc) is 2.11. The van der Waals surface area contributed by atoms with Crippen LogP contribution in [0.25, 0.3) is 6.08 Å². The maximum Gasteiger partial charge on any atom is 0.123 e. The summed E-state index contributed by atoms with van der Waals surface area (Å²) in [5.41, 5.74) is 0.725. The van der Waals surface area contributed by atoms with E-state index in [4.69, 9.17) is 11.6 Å². The second-order valence-electron chi connectivity index (χ2n) is 2.55. The molecule has 0 unspecified atom stereocenters. The van der Waals surface area contributed by atoms with Crippen molar-refractivity contribution in [3.8, 4) is 0 Å². The van der Waals surface area contributed by atoms with Crippen molar-refractivity contribution >= 4 is 33.6 Å². The molecule has 0 N–H and O–H groups in total. The van der Waals surface area contributed by atoms with E-state index in [1.807, 2.05) is 12.2 Å². The number of hydrogen-bond acceptors (Lipinski definition) is 0. The summed E-state index contributed by atoms with van der Waals surface area (Å²) in [6.45, 7) is 0. The molecule has 0 amide bonds. The van der Waals surface area contributed by atoms with Gasteiger partial charge >= 0.3 is 0 Å². The molecular weight excluding hydrogens is 254 g/mol. The standard InChI is InChI=1S/C10H9BrClF/c11-6-2-1-3-8-7-9(13)4-5-10(8)12/h1,3-5,7H,2,6H2/b3-1+. The molecule has 0 nitrogen and oxygen atoms in total. The van der Waals surface area contributed by atoms with E-state index in [2.05, 4.69) is 15.9 Å². The highest BCUT2D eigenvalue weighted by molar-refractivity contribution is 9.09. The van der Waals surface area contributed by atoms with Crippen LogP contribution < -0.4 is 0 Å². The topological polar surface area (TPSA) is 0 Å². The van der Waals surface area contributed by atoms with Gasteiger partial charge in [-0.15, -0.1) is 0 Å². The molecular formula is C10H9BrClF. The fraction of sp³-hybridized carbons (Fsp3) is 0.200. The van der Waals surface area contributed by atoms with Crippen LogP contribution in [-0.2, 0) is 0 Å². The summed E-state index contributed by atoms with van der Waals surface area (Å²) in [5.74, 6) is -0.261. The Labute approximate surface area is 90.5 Å². The third kappa shape index (κ3) is 3.49. The zero-order chi connectivity index (χ0) is 9.68. The third-order valence-corrected chi connectivity index (χ3v) is 2.33. The van der Waals surface area contributed by atoms with E-state index >= 15 is 0 Å². The molecule has 0 saturated heterocycles. The lowest BCUT2D eigenvalue weighted by atomic mass is 10.2. The predicted molar refractivity (Wildman–Crippen MR) is 58.9 cm³/mol. The lowest BCUT2D eigenvalue weighted by molar-refractivity contribution is 0.627. The van der Waals surface area contributed by atoms with Gasteiger partial charge in [-0.3, -0.25) is 0 Å². The predicted octanol–water partition coefficient (Wildman–Crippen LogP) is 4.28. The zero-order valence-corrected chi connectivity index (χ0v) is 9.28. The quantitative estimate of drug-likeness (QED) is 0.714. The van der Waals surface area contributed by atoms with Crippen molar-refractivity contribution in [3.63, 3.8) is 0 Å². The second-order valence-corrected chi connectivity index (χ2v) is 3.75. The van der Waals surface area contributed by atoms with E-state index in [9.17, 15) is 4.39 Å². The van der Waals surface area contributed by atoms with Crippen molar-refractivity contribution in [1.29, 1.82) is 0 Å². The minimum Gasteiger partial charge on any atom is -0.207 e. The SMILES string of the molecule is Fc1ccc(Cl)c(/C=C/CCBr)c1. The largest absolute Gasteiger partial charge is 0.207 e. The van der Waals surface area contributed by atoms with Gasteiger partial charge in [0, 0.05) is 10.4 Å². The molecule has 1 rings (SSSR count). The monoisotopic (exact) mass is 262 g/mol. The molecule has 13 heavy (non-hydrogen) atoms. The Hall–Kier alpha value is -0.340. The van der Waals surface area contributed by atoms with Crippen LogP contribution in [0.4, 0.5) is 4.39 Å². The Morgan fingerprint density at radius 2 is 2.23 bits per heavy atom. The van der Waals surface area contributed by atoms with Gasteiger partial charge in [0.25, 0.3) is 0 Å². The van der Waals surface area contributed by atoms with Crippen molar-refractivity contribution in [2.24, 2.45) is 0 Å². The summed E-state index contributed by atoms with van der Waals surface area (Å²) in [5, 5.41) is 1.48. The minimum atomic E-state index is -0.261. The number of halogens is 3. The van der Waals surface area contributed by atoms with Crippen LogP contribution in [0.2, 0.25) is 5.02 Å². The fourth-order valence-electron chi connectivity index (χ4n) is 0.916. The number of alkyl halides is 1. The Bertz CT molecular complexity index is 310. The summed E-state index contributed by atoms with van der Waals surface area (Å²) in [4.78, 5) is 0. The molecule has 0 bridgehead atoms. The zero-order valence-electron chi connectivity index (χ0n) is 6.93. The molecule has 3 heteroatoms. The van der Waals surface area contributed by atoms with Gasteiger partial charge in [0.15, 0.2) is 0 Å². The minimum absolute atomic E-state index is 0.261. The highest BCUT2D eigenvalue weighted by Gasteiger charge is 1.97. The number of hydrogen-bond donors (Lipinski definition) is 0. The summed E-state index contributed by atoms with van der Waals surface area (Å²) >= 11 is 9.14. The lowest BCUT2D eigenvalue weighted by Crippen LogP contribution is -1.78. The summed E-state index contributed by atoms with van der Waals surface area (Å²) < 4.78 is 12.8. The van der Waals surface area contributed by atoms with Gasteiger partial charge in [0.1, 0.15) is 5.82 Å². The Morgan fingerprint density at radius 1 is 1.46 bits per heavy atom. The molecule has 0 aliphatic heterocycles. The molecule has 0 atom stereocenters. The average molecular weight is 264 g/mol. The molecule has 1 aromatic rings. The van der Waals surface area contributed by atoms with Crippen LogP contribution in [0.1, 0.15) is 12.0 Å². The number of allylic oxidation sites excluding steroid dienone is 1. The third-order valence-electron chi connectivity index (χ3n) is 1.53. The van der Waals surface area contributed by atoms with Gasteiger partial charge < -0.3 is 0 Å². The van der Waals surface area contributed by atoms with E-state index in [0.717, 1.165) is 17.3 Å². The fourth-order valence-corrected chi connectivity index (χ4v) is 1.36. The van der Waals surface area contributed by atoms with Crippen molar-refractivity contribution in [3.05, 3.63) is 40.7 Å². The maximum atomic E-state index is 12.8. The van der Waals surface area contributed by atoms with Crippen LogP contribution in [0.15, 0.2) is 24.3 Å². The summed E-state index contributed by atoms with van der Waals surface area (Å²) in [6.07, 6.45) is 4.69. The van der Waals surface area contributed by atoms with E-state index in [1.165, 1.54) is 12.1 Å². The van der Waals surface area contributed by atoms with E-state index in [0.29, 0.717) is 5.02 Å². The van der Waals surface area contributed by atoms with Gasteiger partial charge in [0.2, 0.25) is 0 Å². The van der Waals surface area contributed by atoms with Crippen molar-refractivity contribution in [1.82, 2.24) is 0 Å². The first kappa shape index (κ1) is 10.7. The van der Waals surface area contributed by atoms with Crippen LogP contribution in [-0.4, -0.2) is 5.33 Å². The molecule has 0 fully saturated rings. The van der Waals surface area contributed by atoms with Crippen molar-refractivity contribution in [2.45, 2.75) is 6.42 Å². The highest BCUT2D eigenvalue weighted by Crippen LogP contribution is 2.18. The van der Waals surface area contributed by atoms with Gasteiger partial charge in [-0.05, 0) is 30.2 Å². The molecule has 0 heterocycles. The Balaban J connectivity index is 2.81. The first-order chi connectivity index (χ1) is 6.24. The van der Waals surface area contributed by atoms with E-state index < -0.39 is 0 Å². The summed E-state index contributed by atoms with van der Waals surface area (Å²) in [6, 6.07) is 4.34.